The van der Waals surface area contributed by atoms with Gasteiger partial charge < -0.3 is 5.32 Å². The van der Waals surface area contributed by atoms with Crippen LogP contribution in [0.4, 0.5) is 0 Å². The molecule has 0 radical (unpaired) electrons. The molecule has 3 atom stereocenters. The monoisotopic (exact) mass is 353 g/mol. The minimum atomic E-state index is 0.733. The summed E-state index contributed by atoms with van der Waals surface area (Å²) in [5.74, 6) is 0.738. The first-order valence-electron chi connectivity index (χ1n) is 6.92. The van der Waals surface area contributed by atoms with Crippen LogP contribution in [0.15, 0.2) is 27.8 Å². The van der Waals surface area contributed by atoms with Gasteiger partial charge >= 0.3 is 0 Å². The van der Waals surface area contributed by atoms with Crippen molar-refractivity contribution >= 4 is 28.7 Å². The predicted octanol–water partition coefficient (Wildman–Crippen LogP) is 4.48. The Labute approximate surface area is 123 Å². The number of allylic oxidation sites excluding steroid dienone is 1. The molecule has 1 aromatic rings. The summed E-state index contributed by atoms with van der Waals surface area (Å²) in [4.78, 5) is 0. The number of rotatable bonds is 2. The standard InChI is InChI=1S/C16H20IN/c1-11(17)10-12-2-4-13(5-3-12)15-8-6-14-7-9-16(15)18-14/h2-5,10,14-16,18H,6-9H2,1H3. The zero-order valence-corrected chi connectivity index (χ0v) is 13.0. The van der Waals surface area contributed by atoms with Gasteiger partial charge in [0.1, 0.15) is 0 Å². The number of hydrogen-bond acceptors (Lipinski definition) is 1. The van der Waals surface area contributed by atoms with E-state index in [1.54, 1.807) is 0 Å². The lowest BCUT2D eigenvalue weighted by Crippen LogP contribution is -2.38. The van der Waals surface area contributed by atoms with Gasteiger partial charge in [-0.3, -0.25) is 0 Å². The molecule has 0 spiro atoms. The van der Waals surface area contributed by atoms with Crippen LogP contribution in [0.3, 0.4) is 0 Å². The predicted molar refractivity (Wildman–Crippen MR) is 86.0 cm³/mol. The molecular weight excluding hydrogens is 333 g/mol. The van der Waals surface area contributed by atoms with Crippen molar-refractivity contribution in [3.8, 4) is 0 Å². The maximum Gasteiger partial charge on any atom is 0.0139 e. The van der Waals surface area contributed by atoms with Crippen LogP contribution in [0.2, 0.25) is 0 Å². The Hall–Kier alpha value is -0.350. The average molecular weight is 353 g/mol. The topological polar surface area (TPSA) is 12.0 Å². The summed E-state index contributed by atoms with van der Waals surface area (Å²) >= 11 is 2.36. The third kappa shape index (κ3) is 2.64. The zero-order chi connectivity index (χ0) is 12.5. The van der Waals surface area contributed by atoms with E-state index in [1.165, 1.54) is 40.4 Å². The SMILES string of the molecule is CC(I)=Cc1ccc(C2CCC3CCC2N3)cc1. The van der Waals surface area contributed by atoms with Crippen molar-refractivity contribution in [2.45, 2.75) is 50.6 Å². The Balaban J connectivity index is 1.78. The highest BCUT2D eigenvalue weighted by atomic mass is 127. The normalized spacial score (nSPS) is 31.7. The second kappa shape index (κ2) is 5.33. The van der Waals surface area contributed by atoms with Crippen LogP contribution in [0.25, 0.3) is 6.08 Å². The van der Waals surface area contributed by atoms with Gasteiger partial charge in [0, 0.05) is 12.1 Å². The van der Waals surface area contributed by atoms with E-state index in [0.717, 1.165) is 18.0 Å². The summed E-state index contributed by atoms with van der Waals surface area (Å²) in [7, 11) is 0. The molecule has 1 aromatic carbocycles. The number of halogens is 1. The van der Waals surface area contributed by atoms with E-state index in [0.29, 0.717) is 0 Å². The van der Waals surface area contributed by atoms with Crippen LogP contribution < -0.4 is 5.32 Å². The summed E-state index contributed by atoms with van der Waals surface area (Å²) in [6.07, 6.45) is 7.70. The minimum Gasteiger partial charge on any atom is -0.311 e. The largest absolute Gasteiger partial charge is 0.311 e. The maximum absolute atomic E-state index is 3.77. The van der Waals surface area contributed by atoms with E-state index in [1.807, 2.05) is 0 Å². The van der Waals surface area contributed by atoms with Crippen molar-refractivity contribution in [1.82, 2.24) is 5.32 Å². The van der Waals surface area contributed by atoms with Gasteiger partial charge in [-0.1, -0.05) is 24.3 Å². The molecule has 0 aliphatic carbocycles. The Bertz CT molecular complexity index is 445. The molecule has 0 saturated carbocycles. The van der Waals surface area contributed by atoms with E-state index in [9.17, 15) is 0 Å². The summed E-state index contributed by atoms with van der Waals surface area (Å²) in [6, 6.07) is 10.7. The molecule has 3 rings (SSSR count). The van der Waals surface area contributed by atoms with Crippen LogP contribution in [-0.2, 0) is 0 Å². The zero-order valence-electron chi connectivity index (χ0n) is 10.8. The van der Waals surface area contributed by atoms with Crippen LogP contribution >= 0.6 is 22.6 Å². The molecule has 1 N–H and O–H groups in total. The smallest absolute Gasteiger partial charge is 0.0139 e. The molecule has 3 unspecified atom stereocenters. The third-order valence-electron chi connectivity index (χ3n) is 4.32. The van der Waals surface area contributed by atoms with Crippen molar-refractivity contribution in [1.29, 1.82) is 0 Å². The fourth-order valence-electron chi connectivity index (χ4n) is 3.45. The highest BCUT2D eigenvalue weighted by molar-refractivity contribution is 14.1. The van der Waals surface area contributed by atoms with E-state index in [4.69, 9.17) is 0 Å². The van der Waals surface area contributed by atoms with Gasteiger partial charge in [-0.05, 0) is 81.9 Å². The fourth-order valence-corrected chi connectivity index (χ4v) is 3.80. The first-order chi connectivity index (χ1) is 8.72. The van der Waals surface area contributed by atoms with E-state index >= 15 is 0 Å². The fraction of sp³-hybridized carbons (Fsp3) is 0.500. The van der Waals surface area contributed by atoms with Gasteiger partial charge in [0.05, 0.1) is 0 Å². The molecule has 96 valence electrons. The molecule has 2 heterocycles. The average Bonchev–Trinajstić information content (AvgIpc) is 2.72. The number of nitrogens with one attached hydrogen (secondary N) is 1. The van der Waals surface area contributed by atoms with Crippen molar-refractivity contribution < 1.29 is 0 Å². The Morgan fingerprint density at radius 2 is 1.89 bits per heavy atom. The molecule has 0 amide bonds. The Kier molecular flexibility index (Phi) is 3.76. The first-order valence-corrected chi connectivity index (χ1v) is 8.00. The van der Waals surface area contributed by atoms with Crippen LogP contribution in [0, 0.1) is 0 Å². The molecule has 2 heteroatoms. The minimum absolute atomic E-state index is 0.733. The third-order valence-corrected chi connectivity index (χ3v) is 4.63. The van der Waals surface area contributed by atoms with Gasteiger partial charge in [-0.2, -0.15) is 0 Å². The summed E-state index contributed by atoms with van der Waals surface area (Å²) < 4.78 is 1.33. The van der Waals surface area contributed by atoms with E-state index in [-0.39, 0.29) is 0 Å². The summed E-state index contributed by atoms with van der Waals surface area (Å²) in [5, 5.41) is 3.77. The molecule has 2 aliphatic rings. The van der Waals surface area contributed by atoms with Gasteiger partial charge in [0.15, 0.2) is 0 Å². The lowest BCUT2D eigenvalue weighted by Gasteiger charge is -2.30. The molecular formula is C16H20IN. The molecule has 2 saturated heterocycles. The van der Waals surface area contributed by atoms with Crippen molar-refractivity contribution in [3.05, 3.63) is 39.0 Å². The van der Waals surface area contributed by atoms with E-state index < -0.39 is 0 Å². The van der Waals surface area contributed by atoms with Gasteiger partial charge in [0.25, 0.3) is 0 Å². The number of piperidine rings is 1. The van der Waals surface area contributed by atoms with E-state index in [2.05, 4.69) is 65.2 Å². The van der Waals surface area contributed by atoms with Crippen molar-refractivity contribution in [2.24, 2.45) is 0 Å². The Morgan fingerprint density at radius 3 is 2.61 bits per heavy atom. The lowest BCUT2D eigenvalue weighted by molar-refractivity contribution is 0.359. The molecule has 18 heavy (non-hydrogen) atoms. The lowest BCUT2D eigenvalue weighted by atomic mass is 9.85. The van der Waals surface area contributed by atoms with Crippen molar-refractivity contribution in [2.75, 3.05) is 0 Å². The summed E-state index contributed by atoms with van der Waals surface area (Å²) in [5.41, 5.74) is 2.84. The van der Waals surface area contributed by atoms with Crippen LogP contribution in [-0.4, -0.2) is 12.1 Å². The molecule has 2 bridgehead atoms. The van der Waals surface area contributed by atoms with Gasteiger partial charge in [-0.25, -0.2) is 0 Å². The molecule has 0 aromatic heterocycles. The molecule has 1 nitrogen and oxygen atoms in total. The highest BCUT2D eigenvalue weighted by Crippen LogP contribution is 2.37. The molecule has 2 aliphatic heterocycles. The van der Waals surface area contributed by atoms with Crippen LogP contribution in [0.1, 0.15) is 49.7 Å². The number of hydrogen-bond donors (Lipinski definition) is 1. The van der Waals surface area contributed by atoms with Gasteiger partial charge in [0.2, 0.25) is 0 Å². The highest BCUT2D eigenvalue weighted by Gasteiger charge is 2.35. The number of benzene rings is 1. The second-order valence-corrected chi connectivity index (χ2v) is 7.33. The molecule has 2 fully saturated rings. The Morgan fingerprint density at radius 1 is 1.17 bits per heavy atom. The van der Waals surface area contributed by atoms with Gasteiger partial charge in [-0.15, -0.1) is 0 Å². The van der Waals surface area contributed by atoms with Crippen LogP contribution in [0.5, 0.6) is 0 Å². The quantitative estimate of drug-likeness (QED) is 0.773. The number of fused-ring (bicyclic) bond motifs is 2. The maximum atomic E-state index is 3.77. The first kappa shape index (κ1) is 12.7. The second-order valence-electron chi connectivity index (χ2n) is 5.63. The summed E-state index contributed by atoms with van der Waals surface area (Å²) in [6.45, 7) is 2.14. The van der Waals surface area contributed by atoms with Crippen molar-refractivity contribution in [3.63, 3.8) is 0 Å².